The molecule has 0 aromatic heterocycles. The van der Waals surface area contributed by atoms with E-state index < -0.39 is 6.03 Å². The summed E-state index contributed by atoms with van der Waals surface area (Å²) in [6.45, 7) is 1.36. The molecule has 22 heavy (non-hydrogen) atoms. The van der Waals surface area contributed by atoms with Gasteiger partial charge in [0.15, 0.2) is 0 Å². The van der Waals surface area contributed by atoms with Gasteiger partial charge < -0.3 is 15.4 Å². The van der Waals surface area contributed by atoms with Crippen LogP contribution in [-0.2, 0) is 0 Å². The minimum absolute atomic E-state index is 0.488. The highest BCUT2D eigenvalue weighted by Gasteiger charge is 2.06. The second kappa shape index (κ2) is 7.36. The second-order valence-electron chi connectivity index (χ2n) is 5.00. The molecule has 0 bridgehead atoms. The van der Waals surface area contributed by atoms with Gasteiger partial charge in [-0.1, -0.05) is 18.2 Å². The molecule has 0 spiro atoms. The molecule has 0 aliphatic carbocycles. The van der Waals surface area contributed by atoms with Gasteiger partial charge >= 0.3 is 6.03 Å². The fourth-order valence-corrected chi connectivity index (χ4v) is 2.01. The third-order valence-corrected chi connectivity index (χ3v) is 3.45. The zero-order chi connectivity index (χ0) is 15.9. The van der Waals surface area contributed by atoms with Gasteiger partial charge in [0.05, 0.1) is 6.54 Å². The highest BCUT2D eigenvalue weighted by molar-refractivity contribution is 5.90. The van der Waals surface area contributed by atoms with Crippen LogP contribution in [0.15, 0.2) is 54.6 Å². The van der Waals surface area contributed by atoms with Crippen molar-refractivity contribution in [3.05, 3.63) is 54.6 Å². The molecule has 2 amide bonds. The molecule has 0 radical (unpaired) electrons. The van der Waals surface area contributed by atoms with Crippen LogP contribution in [0, 0.1) is 0 Å². The molecule has 0 fully saturated rings. The first-order chi connectivity index (χ1) is 10.6. The number of likely N-dealkylation sites (N-methyl/N-ethyl adjacent to an activating group) is 1. The van der Waals surface area contributed by atoms with Crippen LogP contribution < -0.4 is 20.3 Å². The molecular weight excluding hydrogens is 278 g/mol. The number of carbonyl (C=O) groups is 1. The van der Waals surface area contributed by atoms with Gasteiger partial charge in [-0.3, -0.25) is 4.90 Å². The number of nitrogens with two attached hydrogens (primary N) is 1. The number of primary amides is 1. The van der Waals surface area contributed by atoms with Crippen LogP contribution in [0.4, 0.5) is 16.2 Å². The zero-order valence-electron chi connectivity index (χ0n) is 12.9. The summed E-state index contributed by atoms with van der Waals surface area (Å²) in [4.78, 5) is 14.6. The molecular formula is C17H21N3O2. The van der Waals surface area contributed by atoms with Crippen molar-refractivity contribution >= 4 is 17.4 Å². The van der Waals surface area contributed by atoms with Gasteiger partial charge in [0.25, 0.3) is 0 Å². The first-order valence-corrected chi connectivity index (χ1v) is 7.10. The van der Waals surface area contributed by atoms with Gasteiger partial charge in [0.1, 0.15) is 12.4 Å². The van der Waals surface area contributed by atoms with Gasteiger partial charge in [-0.05, 0) is 36.4 Å². The number of hydrogen-bond acceptors (Lipinski definition) is 3. The quantitative estimate of drug-likeness (QED) is 0.892. The Morgan fingerprint density at radius 1 is 1.00 bits per heavy atom. The topological polar surface area (TPSA) is 58.8 Å². The van der Waals surface area contributed by atoms with Crippen LogP contribution in [0.1, 0.15) is 0 Å². The fourth-order valence-electron chi connectivity index (χ4n) is 2.01. The molecule has 0 aliphatic heterocycles. The van der Waals surface area contributed by atoms with E-state index in [9.17, 15) is 4.79 Å². The Morgan fingerprint density at radius 2 is 1.64 bits per heavy atom. The summed E-state index contributed by atoms with van der Waals surface area (Å²) in [7, 11) is 3.66. The number of urea groups is 1. The minimum atomic E-state index is -0.488. The van der Waals surface area contributed by atoms with Crippen molar-refractivity contribution in [3.8, 4) is 5.75 Å². The number of carbonyl (C=O) groups excluding carboxylic acids is 1. The largest absolute Gasteiger partial charge is 0.492 e. The van der Waals surface area contributed by atoms with Crippen molar-refractivity contribution < 1.29 is 9.53 Å². The molecule has 0 atom stereocenters. The van der Waals surface area contributed by atoms with E-state index in [0.29, 0.717) is 6.61 Å². The predicted molar refractivity (Wildman–Crippen MR) is 89.6 cm³/mol. The van der Waals surface area contributed by atoms with Crippen LogP contribution in [0.25, 0.3) is 0 Å². The van der Waals surface area contributed by atoms with E-state index >= 15 is 0 Å². The maximum Gasteiger partial charge on any atom is 0.318 e. The molecule has 0 saturated heterocycles. The highest BCUT2D eigenvalue weighted by atomic mass is 16.5. The Kier molecular flexibility index (Phi) is 5.25. The Hall–Kier alpha value is -2.69. The summed E-state index contributed by atoms with van der Waals surface area (Å²) in [5.74, 6) is 0.767. The number of nitrogens with zero attached hydrogens (tertiary/aromatic N) is 2. The van der Waals surface area contributed by atoms with Crippen molar-refractivity contribution in [2.45, 2.75) is 0 Å². The third kappa shape index (κ3) is 4.15. The number of anilines is 2. The SMILES string of the molecule is CN(CCOc1ccc(N(C)C(N)=O)cc1)c1ccccc1. The monoisotopic (exact) mass is 299 g/mol. The fraction of sp³-hybridized carbons (Fsp3) is 0.235. The van der Waals surface area contributed by atoms with Crippen LogP contribution in [0.5, 0.6) is 5.75 Å². The highest BCUT2D eigenvalue weighted by Crippen LogP contribution is 2.18. The van der Waals surface area contributed by atoms with Crippen LogP contribution >= 0.6 is 0 Å². The number of ether oxygens (including phenoxy) is 1. The molecule has 2 aromatic rings. The van der Waals surface area contributed by atoms with E-state index in [4.69, 9.17) is 10.5 Å². The Labute approximate surface area is 130 Å². The van der Waals surface area contributed by atoms with Crippen LogP contribution in [0.3, 0.4) is 0 Å². The predicted octanol–water partition coefficient (Wildman–Crippen LogP) is 2.72. The summed E-state index contributed by atoms with van der Waals surface area (Å²) in [5.41, 5.74) is 7.12. The molecule has 0 aliphatic rings. The number of benzene rings is 2. The van der Waals surface area contributed by atoms with Gasteiger partial charge in [0, 0.05) is 25.5 Å². The normalized spacial score (nSPS) is 10.1. The van der Waals surface area contributed by atoms with E-state index in [1.807, 2.05) is 37.4 Å². The molecule has 2 aromatic carbocycles. The molecule has 2 N–H and O–H groups in total. The van der Waals surface area contributed by atoms with E-state index in [2.05, 4.69) is 17.0 Å². The third-order valence-electron chi connectivity index (χ3n) is 3.45. The maximum absolute atomic E-state index is 11.1. The molecule has 0 saturated carbocycles. The molecule has 0 heterocycles. The molecule has 0 unspecified atom stereocenters. The maximum atomic E-state index is 11.1. The van der Waals surface area contributed by atoms with E-state index in [0.717, 1.165) is 23.7 Å². The average molecular weight is 299 g/mol. The Balaban J connectivity index is 1.83. The first-order valence-electron chi connectivity index (χ1n) is 7.10. The lowest BCUT2D eigenvalue weighted by Gasteiger charge is -2.19. The Bertz CT molecular complexity index is 599. The molecule has 116 valence electrons. The van der Waals surface area contributed by atoms with Crippen LogP contribution in [-0.4, -0.2) is 33.3 Å². The second-order valence-corrected chi connectivity index (χ2v) is 5.00. The lowest BCUT2D eigenvalue weighted by molar-refractivity contribution is 0.255. The summed E-state index contributed by atoms with van der Waals surface area (Å²) in [6, 6.07) is 16.9. The molecule has 5 nitrogen and oxygen atoms in total. The van der Waals surface area contributed by atoms with Crippen molar-refractivity contribution in [1.82, 2.24) is 0 Å². The van der Waals surface area contributed by atoms with Crippen LogP contribution in [0.2, 0.25) is 0 Å². The number of hydrogen-bond donors (Lipinski definition) is 1. The smallest absolute Gasteiger partial charge is 0.318 e. The number of para-hydroxylation sites is 1. The van der Waals surface area contributed by atoms with E-state index in [-0.39, 0.29) is 0 Å². The van der Waals surface area contributed by atoms with E-state index in [1.165, 1.54) is 4.90 Å². The molecule has 2 rings (SSSR count). The summed E-state index contributed by atoms with van der Waals surface area (Å²) in [5, 5.41) is 0. The zero-order valence-corrected chi connectivity index (χ0v) is 12.9. The van der Waals surface area contributed by atoms with Crippen molar-refractivity contribution in [3.63, 3.8) is 0 Å². The summed E-state index contributed by atoms with van der Waals surface area (Å²) >= 11 is 0. The van der Waals surface area contributed by atoms with Gasteiger partial charge in [0.2, 0.25) is 0 Å². The summed E-state index contributed by atoms with van der Waals surface area (Å²) < 4.78 is 5.72. The van der Waals surface area contributed by atoms with Gasteiger partial charge in [-0.15, -0.1) is 0 Å². The number of rotatable bonds is 6. The molecule has 5 heteroatoms. The van der Waals surface area contributed by atoms with Gasteiger partial charge in [-0.2, -0.15) is 0 Å². The van der Waals surface area contributed by atoms with Crippen molar-refractivity contribution in [2.75, 3.05) is 37.0 Å². The van der Waals surface area contributed by atoms with E-state index in [1.54, 1.807) is 19.2 Å². The van der Waals surface area contributed by atoms with Crippen molar-refractivity contribution in [1.29, 1.82) is 0 Å². The first kappa shape index (κ1) is 15.7. The lowest BCUT2D eigenvalue weighted by atomic mass is 10.3. The Morgan fingerprint density at radius 3 is 2.23 bits per heavy atom. The number of amides is 2. The van der Waals surface area contributed by atoms with Crippen molar-refractivity contribution in [2.24, 2.45) is 5.73 Å². The lowest BCUT2D eigenvalue weighted by Crippen LogP contribution is -2.31. The van der Waals surface area contributed by atoms with Gasteiger partial charge in [-0.25, -0.2) is 4.79 Å². The summed E-state index contributed by atoms with van der Waals surface area (Å²) in [6.07, 6.45) is 0. The standard InChI is InChI=1S/C17H21N3O2/c1-19(14-6-4-3-5-7-14)12-13-22-16-10-8-15(9-11-16)20(2)17(18)21/h3-11H,12-13H2,1-2H3,(H2,18,21). The average Bonchev–Trinajstić information content (AvgIpc) is 2.55. The minimum Gasteiger partial charge on any atom is -0.492 e.